The van der Waals surface area contributed by atoms with Gasteiger partial charge in [0.2, 0.25) is 0 Å². The first-order chi connectivity index (χ1) is 11.2. The summed E-state index contributed by atoms with van der Waals surface area (Å²) < 4.78 is 5.42. The van der Waals surface area contributed by atoms with Crippen LogP contribution in [0.4, 0.5) is 0 Å². The number of hydrogen-bond acceptors (Lipinski definition) is 6. The number of amides is 1. The molecule has 3 aliphatic heterocycles. The summed E-state index contributed by atoms with van der Waals surface area (Å²) in [5.41, 5.74) is 0. The fourth-order valence-corrected chi connectivity index (χ4v) is 3.72. The number of aliphatic hydroxyl groups is 1. The number of hydrogen-bond donors (Lipinski definition) is 2. The van der Waals surface area contributed by atoms with Crippen molar-refractivity contribution in [1.29, 1.82) is 0 Å². The van der Waals surface area contributed by atoms with E-state index in [0.717, 1.165) is 51.3 Å². The molecule has 130 valence electrons. The molecule has 2 saturated heterocycles. The number of carbonyl (C=O) groups excluding carboxylic acids is 1. The van der Waals surface area contributed by atoms with E-state index in [9.17, 15) is 9.90 Å². The van der Waals surface area contributed by atoms with Crippen molar-refractivity contribution in [3.63, 3.8) is 0 Å². The van der Waals surface area contributed by atoms with Crippen LogP contribution >= 0.6 is 0 Å². The van der Waals surface area contributed by atoms with Crippen LogP contribution in [-0.2, 0) is 9.53 Å². The van der Waals surface area contributed by atoms with E-state index in [2.05, 4.69) is 12.2 Å². The van der Waals surface area contributed by atoms with Crippen LogP contribution in [0.1, 0.15) is 39.5 Å². The van der Waals surface area contributed by atoms with Crippen molar-refractivity contribution in [3.05, 3.63) is 0 Å². The standard InChI is InChI=1S/C16H28N4O3/c1-3-7-19-14-12(15(21)20(8-4-2)16(19)22)17-13(18-14)11-5-9-23-10-6-11/h11-12,14,16,22H,3-10H2,1-2H3,(H,17,18). The molecule has 7 heteroatoms. The number of aliphatic imine (C=N–C) groups is 1. The van der Waals surface area contributed by atoms with Crippen molar-refractivity contribution < 1.29 is 14.6 Å². The molecule has 0 aliphatic carbocycles. The lowest BCUT2D eigenvalue weighted by molar-refractivity contribution is -0.184. The van der Waals surface area contributed by atoms with Crippen LogP contribution in [0.2, 0.25) is 0 Å². The van der Waals surface area contributed by atoms with E-state index in [4.69, 9.17) is 9.73 Å². The summed E-state index contributed by atoms with van der Waals surface area (Å²) in [5, 5.41) is 14.1. The Morgan fingerprint density at radius 1 is 1.26 bits per heavy atom. The smallest absolute Gasteiger partial charge is 0.254 e. The largest absolute Gasteiger partial charge is 0.381 e. The van der Waals surface area contributed by atoms with Gasteiger partial charge in [-0.15, -0.1) is 0 Å². The van der Waals surface area contributed by atoms with Gasteiger partial charge in [-0.25, -0.2) is 4.90 Å². The van der Waals surface area contributed by atoms with Gasteiger partial charge in [-0.1, -0.05) is 13.8 Å². The van der Waals surface area contributed by atoms with Gasteiger partial charge in [-0.05, 0) is 25.7 Å². The van der Waals surface area contributed by atoms with Crippen LogP contribution in [0, 0.1) is 5.92 Å². The topological polar surface area (TPSA) is 77.4 Å². The fraction of sp³-hybridized carbons (Fsp3) is 0.875. The average molecular weight is 324 g/mol. The summed E-state index contributed by atoms with van der Waals surface area (Å²) in [6, 6.07) is -0.436. The van der Waals surface area contributed by atoms with Gasteiger partial charge in [0, 0.05) is 32.2 Å². The summed E-state index contributed by atoms with van der Waals surface area (Å²) in [7, 11) is 0. The predicted octanol–water partition coefficient (Wildman–Crippen LogP) is 0.350. The highest BCUT2D eigenvalue weighted by molar-refractivity contribution is 5.94. The van der Waals surface area contributed by atoms with E-state index in [1.165, 1.54) is 0 Å². The van der Waals surface area contributed by atoms with Gasteiger partial charge in [0.15, 0.2) is 12.4 Å². The molecule has 0 saturated carbocycles. The number of nitrogens with one attached hydrogen (secondary N) is 1. The molecule has 7 nitrogen and oxygen atoms in total. The summed E-state index contributed by atoms with van der Waals surface area (Å²) in [6.45, 7) is 6.89. The molecule has 3 atom stereocenters. The van der Waals surface area contributed by atoms with Gasteiger partial charge in [-0.3, -0.25) is 9.79 Å². The summed E-state index contributed by atoms with van der Waals surface area (Å²) >= 11 is 0. The third kappa shape index (κ3) is 3.09. The molecule has 1 amide bonds. The first-order valence-corrected chi connectivity index (χ1v) is 8.83. The van der Waals surface area contributed by atoms with E-state index in [1.807, 2.05) is 11.8 Å². The van der Waals surface area contributed by atoms with Gasteiger partial charge in [0.1, 0.15) is 12.0 Å². The molecule has 0 bridgehead atoms. The first-order valence-electron chi connectivity index (χ1n) is 8.83. The lowest BCUT2D eigenvalue weighted by Gasteiger charge is -2.45. The second-order valence-corrected chi connectivity index (χ2v) is 6.55. The Morgan fingerprint density at radius 2 is 1.96 bits per heavy atom. The molecular weight excluding hydrogens is 296 g/mol. The minimum Gasteiger partial charge on any atom is -0.381 e. The first kappa shape index (κ1) is 16.7. The second-order valence-electron chi connectivity index (χ2n) is 6.55. The van der Waals surface area contributed by atoms with Gasteiger partial charge < -0.3 is 20.1 Å². The molecule has 0 aromatic heterocycles. The van der Waals surface area contributed by atoms with Crippen molar-refractivity contribution in [2.75, 3.05) is 26.3 Å². The van der Waals surface area contributed by atoms with Gasteiger partial charge in [0.25, 0.3) is 5.91 Å². The maximum atomic E-state index is 12.8. The Kier molecular flexibility index (Phi) is 5.18. The van der Waals surface area contributed by atoms with E-state index < -0.39 is 12.4 Å². The lowest BCUT2D eigenvalue weighted by atomic mass is 9.99. The molecule has 23 heavy (non-hydrogen) atoms. The SMILES string of the molecule is CCCN1C(=O)C2N=C(C3CCOCC3)NC2N(CCC)C1O. The molecule has 3 aliphatic rings. The number of carbonyl (C=O) groups is 1. The highest BCUT2D eigenvalue weighted by atomic mass is 16.5. The summed E-state index contributed by atoms with van der Waals surface area (Å²) in [5.74, 6) is 1.19. The Labute approximate surface area is 137 Å². The van der Waals surface area contributed by atoms with Crippen molar-refractivity contribution in [2.45, 2.75) is 58.1 Å². The van der Waals surface area contributed by atoms with Crippen LogP contribution in [0.25, 0.3) is 0 Å². The molecule has 2 fully saturated rings. The summed E-state index contributed by atoms with van der Waals surface area (Å²) in [6.07, 6.45) is 2.54. The van der Waals surface area contributed by atoms with E-state index in [1.54, 1.807) is 4.90 Å². The zero-order valence-electron chi connectivity index (χ0n) is 14.1. The van der Waals surface area contributed by atoms with E-state index >= 15 is 0 Å². The van der Waals surface area contributed by atoms with Gasteiger partial charge in [0.05, 0.1) is 0 Å². The monoisotopic (exact) mass is 324 g/mol. The normalized spacial score (nSPS) is 32.7. The van der Waals surface area contributed by atoms with Gasteiger partial charge >= 0.3 is 0 Å². The zero-order valence-corrected chi connectivity index (χ0v) is 14.1. The Hall–Kier alpha value is -1.18. The van der Waals surface area contributed by atoms with Crippen LogP contribution in [0.15, 0.2) is 4.99 Å². The lowest BCUT2D eigenvalue weighted by Crippen LogP contribution is -2.68. The Morgan fingerprint density at radius 3 is 2.61 bits per heavy atom. The van der Waals surface area contributed by atoms with Crippen LogP contribution in [0.5, 0.6) is 0 Å². The third-order valence-corrected chi connectivity index (χ3v) is 4.90. The maximum Gasteiger partial charge on any atom is 0.254 e. The highest BCUT2D eigenvalue weighted by Crippen LogP contribution is 2.28. The molecule has 0 spiro atoms. The average Bonchev–Trinajstić information content (AvgIpc) is 3.02. The number of ether oxygens (including phenoxy) is 1. The number of fused-ring (bicyclic) bond motifs is 1. The molecule has 3 heterocycles. The fourth-order valence-electron chi connectivity index (χ4n) is 3.72. The minimum atomic E-state index is -0.861. The maximum absolute atomic E-state index is 12.8. The molecule has 0 radical (unpaired) electrons. The molecule has 3 unspecified atom stereocenters. The predicted molar refractivity (Wildman–Crippen MR) is 86.7 cm³/mol. The quantitative estimate of drug-likeness (QED) is 0.763. The minimum absolute atomic E-state index is 0.0636. The van der Waals surface area contributed by atoms with Crippen LogP contribution in [-0.4, -0.2) is 71.5 Å². The molecule has 0 aromatic carbocycles. The Balaban J connectivity index is 1.81. The van der Waals surface area contributed by atoms with Gasteiger partial charge in [-0.2, -0.15) is 0 Å². The molecule has 3 rings (SSSR count). The molecule has 0 aromatic rings. The molecule has 2 N–H and O–H groups in total. The third-order valence-electron chi connectivity index (χ3n) is 4.90. The van der Waals surface area contributed by atoms with E-state index in [-0.39, 0.29) is 12.1 Å². The van der Waals surface area contributed by atoms with Crippen molar-refractivity contribution in [1.82, 2.24) is 15.1 Å². The molecular formula is C16H28N4O3. The number of rotatable bonds is 5. The number of aliphatic hydroxyl groups excluding tert-OH is 1. The number of amidine groups is 1. The number of nitrogens with zero attached hydrogens (tertiary/aromatic N) is 3. The van der Waals surface area contributed by atoms with Crippen LogP contribution < -0.4 is 5.32 Å². The second kappa shape index (κ2) is 7.15. The highest BCUT2D eigenvalue weighted by Gasteiger charge is 2.49. The zero-order chi connectivity index (χ0) is 16.4. The van der Waals surface area contributed by atoms with E-state index in [0.29, 0.717) is 12.5 Å². The Bertz CT molecular complexity index is 464. The summed E-state index contributed by atoms with van der Waals surface area (Å²) in [4.78, 5) is 21.0. The van der Waals surface area contributed by atoms with Crippen molar-refractivity contribution in [3.8, 4) is 0 Å². The van der Waals surface area contributed by atoms with Crippen molar-refractivity contribution in [2.24, 2.45) is 10.9 Å². The van der Waals surface area contributed by atoms with Crippen LogP contribution in [0.3, 0.4) is 0 Å². The van der Waals surface area contributed by atoms with Crippen molar-refractivity contribution >= 4 is 11.7 Å².